The van der Waals surface area contributed by atoms with E-state index in [4.69, 9.17) is 4.74 Å². The van der Waals surface area contributed by atoms with Gasteiger partial charge in [-0.15, -0.1) is 11.8 Å². The normalized spacial score (nSPS) is 18.2. The fraction of sp³-hybridized carbons (Fsp3) is 0.450. The Labute approximate surface area is 173 Å². The van der Waals surface area contributed by atoms with Crippen molar-refractivity contribution in [1.82, 2.24) is 10.2 Å². The Kier molecular flexibility index (Phi) is 7.95. The Hall–Kier alpha value is -2.68. The molecule has 156 valence electrons. The summed E-state index contributed by atoms with van der Waals surface area (Å²) in [5.74, 6) is -3.39. The number of carbonyl (C=O) groups excluding carboxylic acids is 5. The van der Waals surface area contributed by atoms with Crippen LogP contribution in [0.1, 0.15) is 26.3 Å². The average Bonchev–Trinajstić information content (AvgIpc) is 2.67. The van der Waals surface area contributed by atoms with Crippen molar-refractivity contribution < 1.29 is 28.7 Å². The van der Waals surface area contributed by atoms with Crippen molar-refractivity contribution in [3.8, 4) is 0 Å². The minimum Gasteiger partial charge on any atom is -0.458 e. The first-order chi connectivity index (χ1) is 13.7. The predicted octanol–water partition coefficient (Wildman–Crippen LogP) is 0.930. The molecule has 8 nitrogen and oxygen atoms in total. The number of benzene rings is 1. The highest BCUT2D eigenvalue weighted by Crippen LogP contribution is 2.30. The molecule has 3 amide bonds. The van der Waals surface area contributed by atoms with Crippen LogP contribution < -0.4 is 5.32 Å². The zero-order valence-electron chi connectivity index (χ0n) is 16.5. The maximum atomic E-state index is 12.5. The number of amides is 3. The summed E-state index contributed by atoms with van der Waals surface area (Å²) in [6.07, 6.45) is 0.0685. The van der Waals surface area contributed by atoms with E-state index in [0.717, 1.165) is 22.2 Å². The molecule has 1 saturated heterocycles. The topological polar surface area (TPSA) is 110 Å². The summed E-state index contributed by atoms with van der Waals surface area (Å²) < 4.78 is 4.89. The SMILES string of the molecule is CC(=O)CS[C@@H]1[C@H](NC(=O)Cc2ccccc2)C(=O)N1C(=O)C(=O)OCC(C)C. The Morgan fingerprint density at radius 3 is 2.41 bits per heavy atom. The minimum absolute atomic E-state index is 0.0340. The van der Waals surface area contributed by atoms with Gasteiger partial charge < -0.3 is 10.1 Å². The van der Waals surface area contributed by atoms with Crippen LogP contribution in [0.3, 0.4) is 0 Å². The summed E-state index contributed by atoms with van der Waals surface area (Å²) in [6.45, 7) is 5.06. The van der Waals surface area contributed by atoms with Crippen LogP contribution in [0.25, 0.3) is 0 Å². The number of nitrogens with one attached hydrogen (secondary N) is 1. The molecule has 1 heterocycles. The number of rotatable bonds is 8. The second-order valence-electron chi connectivity index (χ2n) is 7.12. The van der Waals surface area contributed by atoms with E-state index in [0.29, 0.717) is 0 Å². The summed E-state index contributed by atoms with van der Waals surface area (Å²) in [5, 5.41) is 1.75. The first-order valence-corrected chi connectivity index (χ1v) is 10.2. The van der Waals surface area contributed by atoms with Crippen molar-refractivity contribution >= 4 is 41.2 Å². The van der Waals surface area contributed by atoms with Crippen LogP contribution >= 0.6 is 11.8 Å². The molecule has 0 aromatic heterocycles. The molecule has 1 fully saturated rings. The van der Waals surface area contributed by atoms with E-state index in [-0.39, 0.29) is 30.5 Å². The zero-order valence-corrected chi connectivity index (χ0v) is 17.4. The number of Topliss-reactive ketones (excluding diaryl/α,β-unsaturated/α-hetero) is 1. The van der Waals surface area contributed by atoms with Gasteiger partial charge in [0.1, 0.15) is 17.2 Å². The van der Waals surface area contributed by atoms with Gasteiger partial charge in [-0.1, -0.05) is 44.2 Å². The monoisotopic (exact) mass is 420 g/mol. The molecular weight excluding hydrogens is 396 g/mol. The van der Waals surface area contributed by atoms with Crippen LogP contribution in [0.5, 0.6) is 0 Å². The smallest absolute Gasteiger partial charge is 0.397 e. The number of esters is 1. The third-order valence-corrected chi connectivity index (χ3v) is 5.36. The molecule has 1 aliphatic rings. The van der Waals surface area contributed by atoms with Crippen LogP contribution in [0.2, 0.25) is 0 Å². The van der Waals surface area contributed by atoms with Gasteiger partial charge in [-0.3, -0.25) is 24.1 Å². The third-order valence-electron chi connectivity index (χ3n) is 3.97. The van der Waals surface area contributed by atoms with Crippen molar-refractivity contribution in [3.05, 3.63) is 35.9 Å². The molecule has 9 heteroatoms. The summed E-state index contributed by atoms with van der Waals surface area (Å²) in [6, 6.07) is 8.00. The molecule has 0 aliphatic carbocycles. The summed E-state index contributed by atoms with van der Waals surface area (Å²) in [7, 11) is 0. The molecular formula is C20H24N2O6S. The van der Waals surface area contributed by atoms with Crippen molar-refractivity contribution in [2.45, 2.75) is 38.6 Å². The van der Waals surface area contributed by atoms with Crippen molar-refractivity contribution in [1.29, 1.82) is 0 Å². The second kappa shape index (κ2) is 10.2. The molecule has 1 aliphatic heterocycles. The van der Waals surface area contributed by atoms with Gasteiger partial charge in [0.15, 0.2) is 0 Å². The number of imide groups is 1. The van der Waals surface area contributed by atoms with Crippen LogP contribution in [0.4, 0.5) is 0 Å². The number of hydrogen-bond donors (Lipinski definition) is 1. The van der Waals surface area contributed by atoms with Crippen molar-refractivity contribution in [3.63, 3.8) is 0 Å². The van der Waals surface area contributed by atoms with Crippen LogP contribution in [0, 0.1) is 5.92 Å². The molecule has 0 radical (unpaired) electrons. The lowest BCUT2D eigenvalue weighted by atomic mass is 10.1. The van der Waals surface area contributed by atoms with Crippen LogP contribution in [-0.2, 0) is 35.1 Å². The molecule has 0 bridgehead atoms. The van der Waals surface area contributed by atoms with Crippen LogP contribution in [0.15, 0.2) is 30.3 Å². The fourth-order valence-corrected chi connectivity index (χ4v) is 3.73. The summed E-state index contributed by atoms with van der Waals surface area (Å²) >= 11 is 1.02. The van der Waals surface area contributed by atoms with E-state index in [1.165, 1.54) is 6.92 Å². The largest absolute Gasteiger partial charge is 0.458 e. The number of nitrogens with zero attached hydrogens (tertiary/aromatic N) is 1. The standard InChI is InChI=1S/C20H24N2O6S/c1-12(2)10-28-20(27)18(26)22-17(25)16(19(22)29-11-13(3)23)21-15(24)9-14-7-5-4-6-8-14/h4-8,12,16,19H,9-11H2,1-3H3,(H,21,24)/t16-,19-/m1/s1. The van der Waals surface area contributed by atoms with E-state index >= 15 is 0 Å². The molecule has 2 atom stereocenters. The number of thioether (sulfide) groups is 1. The Morgan fingerprint density at radius 2 is 1.83 bits per heavy atom. The maximum Gasteiger partial charge on any atom is 0.397 e. The zero-order chi connectivity index (χ0) is 21.6. The van der Waals surface area contributed by atoms with E-state index in [1.54, 1.807) is 24.3 Å². The second-order valence-corrected chi connectivity index (χ2v) is 8.22. The highest BCUT2D eigenvalue weighted by molar-refractivity contribution is 8.00. The molecule has 1 aromatic carbocycles. The molecule has 29 heavy (non-hydrogen) atoms. The predicted molar refractivity (Wildman–Crippen MR) is 107 cm³/mol. The van der Waals surface area contributed by atoms with Gasteiger partial charge in [-0.2, -0.15) is 0 Å². The van der Waals surface area contributed by atoms with Gasteiger partial charge >= 0.3 is 11.9 Å². The highest BCUT2D eigenvalue weighted by Gasteiger charge is 2.53. The molecule has 0 unspecified atom stereocenters. The molecule has 0 spiro atoms. The van der Waals surface area contributed by atoms with Gasteiger partial charge in [-0.05, 0) is 18.4 Å². The lowest BCUT2D eigenvalue weighted by molar-refractivity contribution is -0.171. The van der Waals surface area contributed by atoms with E-state index in [2.05, 4.69) is 5.32 Å². The van der Waals surface area contributed by atoms with Gasteiger partial charge in [0.2, 0.25) is 5.91 Å². The molecule has 1 aromatic rings. The van der Waals surface area contributed by atoms with Gasteiger partial charge in [-0.25, -0.2) is 4.79 Å². The van der Waals surface area contributed by atoms with Gasteiger partial charge in [0.05, 0.1) is 18.8 Å². The molecule has 0 saturated carbocycles. The quantitative estimate of drug-likeness (QED) is 0.378. The van der Waals surface area contributed by atoms with Gasteiger partial charge in [0.25, 0.3) is 5.91 Å². The Morgan fingerprint density at radius 1 is 1.17 bits per heavy atom. The Balaban J connectivity index is 2.04. The van der Waals surface area contributed by atoms with Crippen molar-refractivity contribution in [2.24, 2.45) is 5.92 Å². The van der Waals surface area contributed by atoms with E-state index in [9.17, 15) is 24.0 Å². The number of likely N-dealkylation sites (tertiary alicyclic amines) is 1. The van der Waals surface area contributed by atoms with E-state index in [1.807, 2.05) is 19.9 Å². The molecule has 1 N–H and O–H groups in total. The number of ketones is 1. The fourth-order valence-electron chi connectivity index (χ4n) is 2.59. The third kappa shape index (κ3) is 6.15. The number of hydrogen-bond acceptors (Lipinski definition) is 7. The highest BCUT2D eigenvalue weighted by atomic mass is 32.2. The summed E-state index contributed by atoms with van der Waals surface area (Å²) in [4.78, 5) is 61.2. The number of carbonyl (C=O) groups is 5. The van der Waals surface area contributed by atoms with Crippen LogP contribution in [-0.4, -0.2) is 58.1 Å². The summed E-state index contributed by atoms with van der Waals surface area (Å²) in [5.41, 5.74) is 0.773. The number of ether oxygens (including phenoxy) is 1. The lowest BCUT2D eigenvalue weighted by Gasteiger charge is -2.44. The minimum atomic E-state index is -1.13. The van der Waals surface area contributed by atoms with E-state index < -0.39 is 35.1 Å². The van der Waals surface area contributed by atoms with Crippen molar-refractivity contribution in [2.75, 3.05) is 12.4 Å². The average molecular weight is 420 g/mol. The first kappa shape index (κ1) is 22.6. The van der Waals surface area contributed by atoms with Gasteiger partial charge in [0, 0.05) is 0 Å². The Bertz CT molecular complexity index is 795. The lowest BCUT2D eigenvalue weighted by Crippen LogP contribution is -2.72. The molecule has 2 rings (SSSR count). The first-order valence-electron chi connectivity index (χ1n) is 9.19. The maximum absolute atomic E-state index is 12.5. The number of β-lactam (4-membered cyclic amide) rings is 1.